The minimum absolute atomic E-state index is 0.0503. The van der Waals surface area contributed by atoms with E-state index in [1.54, 1.807) is 6.07 Å². The Balaban J connectivity index is 0.00000127. The molecule has 0 unspecified atom stereocenters. The van der Waals surface area contributed by atoms with E-state index in [4.69, 9.17) is 18.6 Å². The van der Waals surface area contributed by atoms with E-state index in [2.05, 4.69) is 4.99 Å². The van der Waals surface area contributed by atoms with E-state index in [9.17, 15) is 27.1 Å². The van der Waals surface area contributed by atoms with Crippen LogP contribution in [0, 0.1) is 29.1 Å². The van der Waals surface area contributed by atoms with Crippen molar-refractivity contribution in [1.82, 2.24) is 0 Å². The number of nitrogens with zero attached hydrogens (tertiary/aromatic N) is 1. The molecule has 0 aliphatic carbocycles. The van der Waals surface area contributed by atoms with Gasteiger partial charge in [-0.25, -0.2) is 26.9 Å². The molecule has 4 aromatic rings. The Labute approximate surface area is 233 Å². The van der Waals surface area contributed by atoms with Gasteiger partial charge in [-0.2, -0.15) is 0 Å². The number of aliphatic imine (C=N–C) groups is 1. The monoisotopic (exact) mass is 599 g/mol. The zero-order valence-electron chi connectivity index (χ0n) is 20.0. The Hall–Kier alpha value is -2.71. The van der Waals surface area contributed by atoms with Crippen molar-refractivity contribution in [3.05, 3.63) is 119 Å². The first-order valence-corrected chi connectivity index (χ1v) is 15.3. The van der Waals surface area contributed by atoms with E-state index in [0.717, 1.165) is 17.3 Å². The summed E-state index contributed by atoms with van der Waals surface area (Å²) in [6.07, 6.45) is 0.893. The quantitative estimate of drug-likeness (QED) is 0.0801. The van der Waals surface area contributed by atoms with Gasteiger partial charge in [-0.1, -0.05) is 74.5 Å². The maximum atomic E-state index is 14.1. The fourth-order valence-corrected chi connectivity index (χ4v) is 3.88. The summed E-state index contributed by atoms with van der Waals surface area (Å²) in [4.78, 5) is 3.55. The standard InChI is InChI=1S/C28H20F5NO.2ClH.Ti/c1-28(2,19-11-7-4-8-12-19)20-14-17(16-9-5-3-6-10-16)13-18(27(20)35)15-34-26-24(32)22(30)21(29)23(31)25(26)33;;;/h3-15,35H,1-2H3;2*1H;/q;;;+2/p-2. The van der Waals surface area contributed by atoms with E-state index in [1.165, 1.54) is 6.07 Å². The first-order chi connectivity index (χ1) is 18.0. The third kappa shape index (κ3) is 6.29. The maximum absolute atomic E-state index is 14.1. The van der Waals surface area contributed by atoms with Crippen molar-refractivity contribution in [1.29, 1.82) is 0 Å². The van der Waals surface area contributed by atoms with E-state index < -0.39 is 57.2 Å². The molecule has 0 amide bonds. The van der Waals surface area contributed by atoms with Gasteiger partial charge < -0.3 is 5.11 Å². The fourth-order valence-electron chi connectivity index (χ4n) is 3.88. The van der Waals surface area contributed by atoms with Crippen LogP contribution in [0.15, 0.2) is 77.8 Å². The minimum atomic E-state index is -2.26. The molecule has 196 valence electrons. The summed E-state index contributed by atoms with van der Waals surface area (Å²) in [5, 5.41) is 11.1. The van der Waals surface area contributed by atoms with E-state index in [0.29, 0.717) is 11.1 Å². The Morgan fingerprint density at radius 1 is 0.737 bits per heavy atom. The molecule has 0 fully saturated rings. The molecule has 0 bridgehead atoms. The number of phenolic OH excluding ortho intramolecular Hbond substituents is 1. The van der Waals surface area contributed by atoms with Gasteiger partial charge in [0, 0.05) is 22.8 Å². The summed E-state index contributed by atoms with van der Waals surface area (Å²) in [5.74, 6) is -10.8. The number of rotatable bonds is 5. The SMILES string of the molecule is CC(C)(c1ccccc1)c1cc(-c2ccccc2)cc(C=Nc2c(F)c(F)c(F)c(F)c2F)c1O.[Cl][Ti][Cl]. The Morgan fingerprint density at radius 2 is 1.21 bits per heavy atom. The molecule has 0 aliphatic heterocycles. The normalized spacial score (nSPS) is 11.3. The summed E-state index contributed by atoms with van der Waals surface area (Å²) in [5.41, 5.74) is 0.851. The number of hydrogen-bond donors (Lipinski definition) is 1. The Morgan fingerprint density at radius 3 is 1.74 bits per heavy atom. The Bertz CT molecular complexity index is 1420. The first-order valence-electron chi connectivity index (χ1n) is 11.0. The molecule has 0 aromatic heterocycles. The van der Waals surface area contributed by atoms with Crippen molar-refractivity contribution >= 4 is 30.5 Å². The molecule has 4 aromatic carbocycles. The summed E-state index contributed by atoms with van der Waals surface area (Å²) in [7, 11) is 9.78. The first kappa shape index (κ1) is 29.8. The number of halogens is 7. The number of hydrogen-bond acceptors (Lipinski definition) is 2. The molecular weight excluding hydrogens is 580 g/mol. The summed E-state index contributed by atoms with van der Waals surface area (Å²) in [6.45, 7) is 3.80. The van der Waals surface area contributed by atoms with Gasteiger partial charge in [0.2, 0.25) is 5.82 Å². The molecule has 1 N–H and O–H groups in total. The number of benzene rings is 4. The van der Waals surface area contributed by atoms with Crippen LogP contribution in [-0.2, 0) is 22.4 Å². The van der Waals surface area contributed by atoms with Crippen LogP contribution < -0.4 is 0 Å². The van der Waals surface area contributed by atoms with Gasteiger partial charge in [-0.3, -0.25) is 0 Å². The second-order valence-corrected chi connectivity index (χ2v) is 11.1. The van der Waals surface area contributed by atoms with Crippen LogP contribution in [0.2, 0.25) is 0 Å². The van der Waals surface area contributed by atoms with Gasteiger partial charge in [0.1, 0.15) is 11.4 Å². The van der Waals surface area contributed by atoms with Crippen LogP contribution in [0.25, 0.3) is 11.1 Å². The molecule has 0 saturated carbocycles. The van der Waals surface area contributed by atoms with Crippen molar-refractivity contribution in [2.45, 2.75) is 19.3 Å². The Kier molecular flexibility index (Phi) is 10.1. The van der Waals surface area contributed by atoms with Gasteiger partial charge in [0.05, 0.1) is 0 Å². The predicted molar refractivity (Wildman–Crippen MR) is 137 cm³/mol. The van der Waals surface area contributed by atoms with Gasteiger partial charge >= 0.3 is 35.6 Å². The molecule has 4 rings (SSSR count). The van der Waals surface area contributed by atoms with Crippen molar-refractivity contribution in [3.8, 4) is 16.9 Å². The molecule has 0 radical (unpaired) electrons. The molecular formula is C28H20Cl2F5NOTi. The molecule has 38 heavy (non-hydrogen) atoms. The van der Waals surface area contributed by atoms with Gasteiger partial charge in [0.25, 0.3) is 0 Å². The van der Waals surface area contributed by atoms with Crippen LogP contribution in [0.1, 0.15) is 30.5 Å². The zero-order chi connectivity index (χ0) is 28.0. The second-order valence-electron chi connectivity index (χ2n) is 8.57. The van der Waals surface area contributed by atoms with E-state index in [1.807, 2.05) is 74.5 Å². The topological polar surface area (TPSA) is 32.6 Å². The molecule has 0 heterocycles. The second kappa shape index (κ2) is 12.9. The molecule has 0 spiro atoms. The average Bonchev–Trinajstić information content (AvgIpc) is 2.93. The summed E-state index contributed by atoms with van der Waals surface area (Å²) < 4.78 is 68.9. The number of phenols is 1. The van der Waals surface area contributed by atoms with E-state index >= 15 is 0 Å². The third-order valence-corrected chi connectivity index (χ3v) is 5.93. The summed E-state index contributed by atoms with van der Waals surface area (Å²) >= 11 is -0.556. The van der Waals surface area contributed by atoms with Crippen molar-refractivity contribution in [2.24, 2.45) is 4.99 Å². The molecule has 0 aliphatic rings. The van der Waals surface area contributed by atoms with Crippen molar-refractivity contribution < 1.29 is 44.1 Å². The van der Waals surface area contributed by atoms with Gasteiger partial charge in [-0.05, 0) is 28.8 Å². The third-order valence-electron chi connectivity index (χ3n) is 5.93. The molecule has 10 heteroatoms. The average molecular weight is 600 g/mol. The van der Waals surface area contributed by atoms with Gasteiger partial charge in [-0.15, -0.1) is 0 Å². The molecule has 2 nitrogen and oxygen atoms in total. The van der Waals surface area contributed by atoms with Crippen molar-refractivity contribution in [2.75, 3.05) is 0 Å². The zero-order valence-corrected chi connectivity index (χ0v) is 23.1. The van der Waals surface area contributed by atoms with Crippen LogP contribution in [-0.4, -0.2) is 11.3 Å². The fraction of sp³-hybridized carbons (Fsp3) is 0.107. The van der Waals surface area contributed by atoms with Crippen LogP contribution in [0.3, 0.4) is 0 Å². The molecule has 0 atom stereocenters. The summed E-state index contributed by atoms with van der Waals surface area (Å²) in [6, 6.07) is 21.9. The van der Waals surface area contributed by atoms with E-state index in [-0.39, 0.29) is 11.3 Å². The predicted octanol–water partition coefficient (Wildman–Crippen LogP) is 9.21. The number of aromatic hydroxyl groups is 1. The van der Waals surface area contributed by atoms with Crippen LogP contribution in [0.5, 0.6) is 5.75 Å². The van der Waals surface area contributed by atoms with Gasteiger partial charge in [0.15, 0.2) is 23.3 Å². The molecule has 0 saturated heterocycles. The van der Waals surface area contributed by atoms with Crippen molar-refractivity contribution in [3.63, 3.8) is 0 Å². The van der Waals surface area contributed by atoms with Crippen LogP contribution in [0.4, 0.5) is 27.6 Å². The van der Waals surface area contributed by atoms with Crippen LogP contribution >= 0.6 is 18.6 Å².